The van der Waals surface area contributed by atoms with E-state index in [1.165, 1.54) is 0 Å². The Morgan fingerprint density at radius 1 is 1.29 bits per heavy atom. The highest BCUT2D eigenvalue weighted by molar-refractivity contribution is 5.94. The van der Waals surface area contributed by atoms with Gasteiger partial charge in [-0.05, 0) is 30.3 Å². The van der Waals surface area contributed by atoms with Crippen molar-refractivity contribution in [3.05, 3.63) is 48.3 Å². The highest BCUT2D eigenvalue weighted by Crippen LogP contribution is 2.21. The van der Waals surface area contributed by atoms with Gasteiger partial charge in [0.05, 0.1) is 13.2 Å². The zero-order valence-electron chi connectivity index (χ0n) is 13.4. The first-order valence-electron chi connectivity index (χ1n) is 7.79. The number of aliphatic hydroxyl groups excluding tert-OH is 1. The van der Waals surface area contributed by atoms with Gasteiger partial charge in [-0.2, -0.15) is 0 Å². The maximum atomic E-state index is 12.4. The predicted molar refractivity (Wildman–Crippen MR) is 89.1 cm³/mol. The Morgan fingerprint density at radius 3 is 2.62 bits per heavy atom. The molecule has 0 spiro atoms. The Morgan fingerprint density at radius 2 is 2.00 bits per heavy atom. The van der Waals surface area contributed by atoms with Gasteiger partial charge in [-0.25, -0.2) is 9.97 Å². The molecule has 0 saturated carbocycles. The van der Waals surface area contributed by atoms with Crippen molar-refractivity contribution >= 4 is 11.9 Å². The fourth-order valence-electron chi connectivity index (χ4n) is 2.83. The highest BCUT2D eigenvalue weighted by Gasteiger charge is 2.34. The van der Waals surface area contributed by atoms with E-state index in [1.807, 2.05) is 4.90 Å². The molecule has 1 saturated heterocycles. The predicted octanol–water partition coefficient (Wildman–Crippen LogP) is 0.712. The lowest BCUT2D eigenvalue weighted by atomic mass is 10.0. The Bertz CT molecular complexity index is 678. The summed E-state index contributed by atoms with van der Waals surface area (Å²) in [7, 11) is 1.58. The van der Waals surface area contributed by atoms with Crippen LogP contribution in [0.2, 0.25) is 0 Å². The third-order valence-corrected chi connectivity index (χ3v) is 4.18. The summed E-state index contributed by atoms with van der Waals surface area (Å²) in [4.78, 5) is 22.8. The SMILES string of the molecule is COc1ccc(C(=O)N[C@@H]2CN(c3ncccn3)C[C@H]2CO)cc1. The molecule has 3 rings (SSSR count). The van der Waals surface area contributed by atoms with Crippen LogP contribution in [0.1, 0.15) is 10.4 Å². The molecule has 24 heavy (non-hydrogen) atoms. The molecular formula is C17H20N4O3. The largest absolute Gasteiger partial charge is 0.497 e. The topological polar surface area (TPSA) is 87.6 Å². The number of ether oxygens (including phenoxy) is 1. The Kier molecular flexibility index (Phi) is 4.90. The number of hydrogen-bond acceptors (Lipinski definition) is 6. The Labute approximate surface area is 140 Å². The van der Waals surface area contributed by atoms with Crippen molar-refractivity contribution in [2.75, 3.05) is 31.7 Å². The van der Waals surface area contributed by atoms with Gasteiger partial charge in [-0.3, -0.25) is 4.79 Å². The first kappa shape index (κ1) is 16.2. The summed E-state index contributed by atoms with van der Waals surface area (Å²) in [6.45, 7) is 1.17. The second-order valence-corrected chi connectivity index (χ2v) is 5.70. The summed E-state index contributed by atoms with van der Waals surface area (Å²) in [5.74, 6) is 1.08. The van der Waals surface area contributed by atoms with Crippen molar-refractivity contribution in [3.8, 4) is 5.75 Å². The van der Waals surface area contributed by atoms with Crippen molar-refractivity contribution in [1.82, 2.24) is 15.3 Å². The quantitative estimate of drug-likeness (QED) is 0.841. The molecule has 2 atom stereocenters. The Hall–Kier alpha value is -2.67. The van der Waals surface area contributed by atoms with Crippen LogP contribution >= 0.6 is 0 Å². The van der Waals surface area contributed by atoms with E-state index in [9.17, 15) is 9.90 Å². The molecule has 0 radical (unpaired) electrons. The number of carbonyl (C=O) groups is 1. The van der Waals surface area contributed by atoms with Crippen molar-refractivity contribution in [2.24, 2.45) is 5.92 Å². The number of carbonyl (C=O) groups excluding carboxylic acids is 1. The van der Waals surface area contributed by atoms with Gasteiger partial charge in [-0.1, -0.05) is 0 Å². The standard InChI is InChI=1S/C17H20N4O3/c1-24-14-5-3-12(4-6-14)16(23)20-15-10-21(9-13(15)11-22)17-18-7-2-8-19-17/h2-8,13,15,22H,9-11H2,1H3,(H,20,23)/t13-,15+/m0/s1. The molecule has 1 aliphatic rings. The van der Waals surface area contributed by atoms with Gasteiger partial charge in [0.25, 0.3) is 5.91 Å². The number of methoxy groups -OCH3 is 1. The van der Waals surface area contributed by atoms with Crippen LogP contribution in [0.25, 0.3) is 0 Å². The number of aliphatic hydroxyl groups is 1. The van der Waals surface area contributed by atoms with Crippen LogP contribution in [0.3, 0.4) is 0 Å². The molecule has 1 aromatic heterocycles. The first-order valence-corrected chi connectivity index (χ1v) is 7.79. The summed E-state index contributed by atoms with van der Waals surface area (Å²) in [5.41, 5.74) is 0.557. The molecule has 1 aliphatic heterocycles. The number of aromatic nitrogens is 2. The average Bonchev–Trinajstić information content (AvgIpc) is 3.05. The molecule has 2 heterocycles. The minimum Gasteiger partial charge on any atom is -0.497 e. The summed E-state index contributed by atoms with van der Waals surface area (Å²) in [6, 6.07) is 8.53. The molecule has 1 aromatic carbocycles. The zero-order chi connectivity index (χ0) is 16.9. The molecule has 126 valence electrons. The fourth-order valence-corrected chi connectivity index (χ4v) is 2.83. The number of amides is 1. The molecular weight excluding hydrogens is 308 g/mol. The summed E-state index contributed by atoms with van der Waals surface area (Å²) in [6.07, 6.45) is 3.36. The molecule has 0 aliphatic carbocycles. The summed E-state index contributed by atoms with van der Waals surface area (Å²) < 4.78 is 5.09. The van der Waals surface area contributed by atoms with Crippen molar-refractivity contribution in [2.45, 2.75) is 6.04 Å². The molecule has 1 fully saturated rings. The molecule has 2 aromatic rings. The van der Waals surface area contributed by atoms with E-state index in [4.69, 9.17) is 4.74 Å². The maximum Gasteiger partial charge on any atom is 0.251 e. The van der Waals surface area contributed by atoms with Crippen LogP contribution < -0.4 is 15.0 Å². The second kappa shape index (κ2) is 7.27. The van der Waals surface area contributed by atoms with Gasteiger partial charge in [0.15, 0.2) is 0 Å². The highest BCUT2D eigenvalue weighted by atomic mass is 16.5. The lowest BCUT2D eigenvalue weighted by Gasteiger charge is -2.18. The summed E-state index contributed by atoms with van der Waals surface area (Å²) >= 11 is 0. The first-order chi connectivity index (χ1) is 11.7. The van der Waals surface area contributed by atoms with Gasteiger partial charge in [0.1, 0.15) is 5.75 Å². The number of anilines is 1. The van der Waals surface area contributed by atoms with Gasteiger partial charge in [0, 0.05) is 43.6 Å². The van der Waals surface area contributed by atoms with Crippen LogP contribution in [0, 0.1) is 5.92 Å². The van der Waals surface area contributed by atoms with Crippen LogP contribution in [0.4, 0.5) is 5.95 Å². The van der Waals surface area contributed by atoms with Gasteiger partial charge in [0.2, 0.25) is 5.95 Å². The number of nitrogens with zero attached hydrogens (tertiary/aromatic N) is 3. The fraction of sp³-hybridized carbons (Fsp3) is 0.353. The van der Waals surface area contributed by atoms with Crippen molar-refractivity contribution < 1.29 is 14.6 Å². The molecule has 0 unspecified atom stereocenters. The molecule has 0 bridgehead atoms. The van der Waals surface area contributed by atoms with Crippen molar-refractivity contribution in [3.63, 3.8) is 0 Å². The van der Waals surface area contributed by atoms with Crippen LogP contribution in [0.5, 0.6) is 5.75 Å². The maximum absolute atomic E-state index is 12.4. The summed E-state index contributed by atoms with van der Waals surface area (Å²) in [5, 5.41) is 12.6. The number of rotatable bonds is 5. The van der Waals surface area contributed by atoms with Gasteiger partial charge < -0.3 is 20.1 Å². The number of hydrogen-bond donors (Lipinski definition) is 2. The normalized spacial score (nSPS) is 20.0. The zero-order valence-corrected chi connectivity index (χ0v) is 13.4. The minimum absolute atomic E-state index is 0.00308. The lowest BCUT2D eigenvalue weighted by Crippen LogP contribution is -2.41. The Balaban J connectivity index is 1.67. The smallest absolute Gasteiger partial charge is 0.251 e. The monoisotopic (exact) mass is 328 g/mol. The van der Waals surface area contributed by atoms with Crippen molar-refractivity contribution in [1.29, 1.82) is 0 Å². The number of benzene rings is 1. The molecule has 7 heteroatoms. The molecule has 1 amide bonds. The van der Waals surface area contributed by atoms with E-state index in [0.29, 0.717) is 30.4 Å². The van der Waals surface area contributed by atoms with E-state index in [1.54, 1.807) is 49.8 Å². The molecule has 7 nitrogen and oxygen atoms in total. The third-order valence-electron chi connectivity index (χ3n) is 4.18. The van der Waals surface area contributed by atoms with E-state index < -0.39 is 0 Å². The minimum atomic E-state index is -0.170. The second-order valence-electron chi connectivity index (χ2n) is 5.70. The van der Waals surface area contributed by atoms with E-state index >= 15 is 0 Å². The van der Waals surface area contributed by atoms with E-state index in [-0.39, 0.29) is 24.5 Å². The molecule has 2 N–H and O–H groups in total. The van der Waals surface area contributed by atoms with Crippen LogP contribution in [-0.4, -0.2) is 53.8 Å². The van der Waals surface area contributed by atoms with Gasteiger partial charge >= 0.3 is 0 Å². The third kappa shape index (κ3) is 3.46. The number of nitrogens with one attached hydrogen (secondary N) is 1. The lowest BCUT2D eigenvalue weighted by molar-refractivity contribution is 0.0921. The van der Waals surface area contributed by atoms with Gasteiger partial charge in [-0.15, -0.1) is 0 Å². The average molecular weight is 328 g/mol. The van der Waals surface area contributed by atoms with E-state index in [2.05, 4.69) is 15.3 Å². The van der Waals surface area contributed by atoms with Crippen LogP contribution in [0.15, 0.2) is 42.7 Å². The van der Waals surface area contributed by atoms with E-state index in [0.717, 1.165) is 0 Å². The van der Waals surface area contributed by atoms with Crippen LogP contribution in [-0.2, 0) is 0 Å².